The fraction of sp³-hybridized carbons (Fsp3) is 0.643. The number of ether oxygens (including phenoxy) is 2. The van der Waals surface area contributed by atoms with Crippen LogP contribution in [0.1, 0.15) is 19.0 Å². The number of hydrogen-bond donors (Lipinski definition) is 1. The van der Waals surface area contributed by atoms with Crippen molar-refractivity contribution < 1.29 is 9.47 Å². The number of nitrogens with zero attached hydrogens (tertiary/aromatic N) is 2. The Hall–Kier alpha value is -1.33. The van der Waals surface area contributed by atoms with Gasteiger partial charge in [-0.15, -0.1) is 0 Å². The summed E-state index contributed by atoms with van der Waals surface area (Å²) >= 11 is 0. The highest BCUT2D eigenvalue weighted by Gasteiger charge is 2.23. The van der Waals surface area contributed by atoms with Crippen molar-refractivity contribution in [3.8, 4) is 11.5 Å². The maximum Gasteiger partial charge on any atom is 0.183 e. The maximum absolute atomic E-state index is 5.45. The van der Waals surface area contributed by atoms with Crippen LogP contribution in [0.5, 0.6) is 11.5 Å². The van der Waals surface area contributed by atoms with Crippen molar-refractivity contribution in [3.63, 3.8) is 0 Å². The normalized spacial score (nSPS) is 20.3. The first-order chi connectivity index (χ1) is 9.30. The Bertz CT molecular complexity index is 412. The zero-order valence-electron chi connectivity index (χ0n) is 12.0. The standard InChI is InChI=1S/C14H23N3O2/c1-4-11-9-15-7-8-17(11)10-12-14(19-3)13(18-2)5-6-16-12/h5-6,11,15H,4,7-10H2,1-3H3. The van der Waals surface area contributed by atoms with E-state index in [0.29, 0.717) is 6.04 Å². The summed E-state index contributed by atoms with van der Waals surface area (Å²) in [5.74, 6) is 1.49. The molecule has 0 aliphatic carbocycles. The molecule has 5 nitrogen and oxygen atoms in total. The minimum Gasteiger partial charge on any atom is -0.493 e. The predicted molar refractivity (Wildman–Crippen MR) is 74.7 cm³/mol. The third kappa shape index (κ3) is 3.16. The van der Waals surface area contributed by atoms with E-state index in [1.165, 1.54) is 0 Å². The van der Waals surface area contributed by atoms with Crippen molar-refractivity contribution in [2.75, 3.05) is 33.9 Å². The second-order valence-corrected chi connectivity index (χ2v) is 4.73. The van der Waals surface area contributed by atoms with Gasteiger partial charge in [-0.1, -0.05) is 6.92 Å². The molecule has 2 heterocycles. The molecule has 1 fully saturated rings. The van der Waals surface area contributed by atoms with Gasteiger partial charge in [-0.05, 0) is 6.42 Å². The van der Waals surface area contributed by atoms with Gasteiger partial charge < -0.3 is 14.8 Å². The van der Waals surface area contributed by atoms with Crippen LogP contribution in [-0.2, 0) is 6.54 Å². The Morgan fingerprint density at radius 1 is 1.42 bits per heavy atom. The first-order valence-corrected chi connectivity index (χ1v) is 6.80. The second kappa shape index (κ2) is 6.73. The lowest BCUT2D eigenvalue weighted by atomic mass is 10.1. The molecule has 0 bridgehead atoms. The minimum atomic E-state index is 0.562. The van der Waals surface area contributed by atoms with E-state index in [9.17, 15) is 0 Å². The van der Waals surface area contributed by atoms with Gasteiger partial charge in [-0.25, -0.2) is 0 Å². The fourth-order valence-electron chi connectivity index (χ4n) is 2.57. The molecule has 1 atom stereocenters. The van der Waals surface area contributed by atoms with Gasteiger partial charge >= 0.3 is 0 Å². The van der Waals surface area contributed by atoms with Gasteiger partial charge in [0, 0.05) is 44.5 Å². The van der Waals surface area contributed by atoms with Gasteiger partial charge in [0.25, 0.3) is 0 Å². The lowest BCUT2D eigenvalue weighted by Gasteiger charge is -2.35. The molecular formula is C14H23N3O2. The molecular weight excluding hydrogens is 242 g/mol. The topological polar surface area (TPSA) is 46.6 Å². The van der Waals surface area contributed by atoms with Gasteiger partial charge in [0.05, 0.1) is 14.2 Å². The van der Waals surface area contributed by atoms with Gasteiger partial charge in [-0.2, -0.15) is 0 Å². The number of piperazine rings is 1. The van der Waals surface area contributed by atoms with E-state index in [2.05, 4.69) is 22.1 Å². The third-order valence-corrected chi connectivity index (χ3v) is 3.66. The molecule has 1 N–H and O–H groups in total. The van der Waals surface area contributed by atoms with Crippen LogP contribution in [0.25, 0.3) is 0 Å². The molecule has 1 aliphatic rings. The summed E-state index contributed by atoms with van der Waals surface area (Å²) in [5.41, 5.74) is 0.946. The number of pyridine rings is 1. The zero-order valence-corrected chi connectivity index (χ0v) is 12.0. The van der Waals surface area contributed by atoms with Gasteiger partial charge in [0.1, 0.15) is 5.69 Å². The summed E-state index contributed by atoms with van der Waals surface area (Å²) in [4.78, 5) is 6.91. The summed E-state index contributed by atoms with van der Waals surface area (Å²) in [6.07, 6.45) is 2.92. The zero-order chi connectivity index (χ0) is 13.7. The quantitative estimate of drug-likeness (QED) is 0.869. The Balaban J connectivity index is 2.17. The van der Waals surface area contributed by atoms with Gasteiger partial charge in [-0.3, -0.25) is 9.88 Å². The molecule has 0 aromatic carbocycles. The average Bonchev–Trinajstić information content (AvgIpc) is 2.47. The Morgan fingerprint density at radius 2 is 2.26 bits per heavy atom. The van der Waals surface area contributed by atoms with Crippen LogP contribution in [0.15, 0.2) is 12.3 Å². The molecule has 0 amide bonds. The molecule has 2 rings (SSSR count). The van der Waals surface area contributed by atoms with Gasteiger partial charge in [0.2, 0.25) is 0 Å². The summed E-state index contributed by atoms with van der Waals surface area (Å²) < 4.78 is 10.8. The summed E-state index contributed by atoms with van der Waals surface area (Å²) in [6.45, 7) is 6.15. The van der Waals surface area contributed by atoms with E-state index in [0.717, 1.165) is 49.8 Å². The highest BCUT2D eigenvalue weighted by atomic mass is 16.5. The van der Waals surface area contributed by atoms with Crippen molar-refractivity contribution in [1.82, 2.24) is 15.2 Å². The number of hydrogen-bond acceptors (Lipinski definition) is 5. The van der Waals surface area contributed by atoms with Crippen LogP contribution in [0, 0.1) is 0 Å². The third-order valence-electron chi connectivity index (χ3n) is 3.66. The Morgan fingerprint density at radius 3 is 2.95 bits per heavy atom. The number of rotatable bonds is 5. The van der Waals surface area contributed by atoms with Crippen molar-refractivity contribution in [1.29, 1.82) is 0 Å². The van der Waals surface area contributed by atoms with E-state index in [1.807, 2.05) is 6.07 Å². The molecule has 0 saturated carbocycles. The maximum atomic E-state index is 5.45. The SMILES string of the molecule is CCC1CNCCN1Cc1nccc(OC)c1OC. The molecule has 1 saturated heterocycles. The Kier molecular flexibility index (Phi) is 4.99. The lowest BCUT2D eigenvalue weighted by Crippen LogP contribution is -2.50. The van der Waals surface area contributed by atoms with Crippen molar-refractivity contribution >= 4 is 0 Å². The minimum absolute atomic E-state index is 0.562. The first-order valence-electron chi connectivity index (χ1n) is 6.80. The van der Waals surface area contributed by atoms with E-state index >= 15 is 0 Å². The Labute approximate surface area is 114 Å². The van der Waals surface area contributed by atoms with Crippen molar-refractivity contribution in [2.45, 2.75) is 25.9 Å². The molecule has 19 heavy (non-hydrogen) atoms. The molecule has 1 unspecified atom stereocenters. The highest BCUT2D eigenvalue weighted by molar-refractivity contribution is 5.42. The summed E-state index contributed by atoms with van der Waals surface area (Å²) in [7, 11) is 3.32. The van der Waals surface area contributed by atoms with Crippen LogP contribution in [0.2, 0.25) is 0 Å². The van der Waals surface area contributed by atoms with Crippen molar-refractivity contribution in [2.24, 2.45) is 0 Å². The van der Waals surface area contributed by atoms with E-state index < -0.39 is 0 Å². The molecule has 1 aromatic heterocycles. The molecule has 0 radical (unpaired) electrons. The molecule has 0 spiro atoms. The fourth-order valence-corrected chi connectivity index (χ4v) is 2.57. The lowest BCUT2D eigenvalue weighted by molar-refractivity contribution is 0.145. The molecule has 1 aliphatic heterocycles. The largest absolute Gasteiger partial charge is 0.493 e. The van der Waals surface area contributed by atoms with Crippen LogP contribution in [0.3, 0.4) is 0 Å². The first kappa shape index (κ1) is 14.1. The molecule has 106 valence electrons. The average molecular weight is 265 g/mol. The van der Waals surface area contributed by atoms with E-state index in [1.54, 1.807) is 20.4 Å². The number of aromatic nitrogens is 1. The van der Waals surface area contributed by atoms with Crippen LogP contribution >= 0.6 is 0 Å². The smallest absolute Gasteiger partial charge is 0.183 e. The van der Waals surface area contributed by atoms with Gasteiger partial charge in [0.15, 0.2) is 11.5 Å². The summed E-state index contributed by atoms with van der Waals surface area (Å²) in [6, 6.07) is 2.39. The van der Waals surface area contributed by atoms with Crippen LogP contribution < -0.4 is 14.8 Å². The van der Waals surface area contributed by atoms with Crippen molar-refractivity contribution in [3.05, 3.63) is 18.0 Å². The number of nitrogens with one attached hydrogen (secondary N) is 1. The number of methoxy groups -OCH3 is 2. The second-order valence-electron chi connectivity index (χ2n) is 4.73. The molecule has 1 aromatic rings. The van der Waals surface area contributed by atoms with Crippen LogP contribution in [0.4, 0.5) is 0 Å². The van der Waals surface area contributed by atoms with E-state index in [-0.39, 0.29) is 0 Å². The monoisotopic (exact) mass is 265 g/mol. The highest BCUT2D eigenvalue weighted by Crippen LogP contribution is 2.30. The summed E-state index contributed by atoms with van der Waals surface area (Å²) in [5, 5.41) is 3.43. The predicted octanol–water partition coefficient (Wildman–Crippen LogP) is 1.28. The molecule has 5 heteroatoms. The van der Waals surface area contributed by atoms with E-state index in [4.69, 9.17) is 9.47 Å². The van der Waals surface area contributed by atoms with Crippen LogP contribution in [-0.4, -0.2) is 49.8 Å².